The molecule has 1 radical (unpaired) electrons. The summed E-state index contributed by atoms with van der Waals surface area (Å²) < 4.78 is 35.3. The van der Waals surface area contributed by atoms with E-state index in [1.165, 1.54) is 0 Å². The Morgan fingerprint density at radius 3 is 2.31 bits per heavy atom. The first-order chi connectivity index (χ1) is 6.08. The molecule has 0 unspecified atom stereocenters. The average molecular weight is 187 g/mol. The molecule has 0 atom stereocenters. The lowest BCUT2D eigenvalue weighted by Gasteiger charge is -2.05. The minimum atomic E-state index is -4.03. The van der Waals surface area contributed by atoms with Gasteiger partial charge >= 0.3 is 6.18 Å². The molecule has 0 amide bonds. The number of halogens is 3. The lowest BCUT2D eigenvalue weighted by atomic mass is 10.1. The van der Waals surface area contributed by atoms with Gasteiger partial charge < -0.3 is 0 Å². The lowest BCUT2D eigenvalue weighted by molar-refractivity contribution is -0.135. The largest absolute Gasteiger partial charge is 0.389 e. The van der Waals surface area contributed by atoms with Crippen molar-refractivity contribution in [3.8, 4) is 0 Å². The van der Waals surface area contributed by atoms with Crippen LogP contribution in [-0.4, -0.2) is 6.18 Å². The molecule has 0 fully saturated rings. The maximum Gasteiger partial charge on any atom is 0.389 e. The first-order valence-corrected chi connectivity index (χ1v) is 4.10. The van der Waals surface area contributed by atoms with Crippen molar-refractivity contribution < 1.29 is 13.2 Å². The van der Waals surface area contributed by atoms with Gasteiger partial charge in [0.25, 0.3) is 0 Å². The molecule has 0 nitrogen and oxygen atoms in total. The summed E-state index contributed by atoms with van der Waals surface area (Å²) in [6, 6.07) is 9.82. The fourth-order valence-corrected chi connectivity index (χ4v) is 1.08. The summed E-state index contributed by atoms with van der Waals surface area (Å²) in [4.78, 5) is 0. The van der Waals surface area contributed by atoms with E-state index < -0.39 is 12.6 Å². The smallest absolute Gasteiger partial charge is 0.171 e. The van der Waals surface area contributed by atoms with Gasteiger partial charge in [-0.25, -0.2) is 0 Å². The third-order valence-electron chi connectivity index (χ3n) is 1.71. The number of benzene rings is 1. The maximum absolute atomic E-state index is 11.8. The van der Waals surface area contributed by atoms with Gasteiger partial charge in [-0.15, -0.1) is 0 Å². The van der Waals surface area contributed by atoms with E-state index in [2.05, 4.69) is 6.07 Å². The summed E-state index contributed by atoms with van der Waals surface area (Å²) in [5, 5.41) is 0. The van der Waals surface area contributed by atoms with Gasteiger partial charge in [0.05, 0.1) is 0 Å². The Hall–Kier alpha value is -0.990. The Morgan fingerprint density at radius 1 is 1.15 bits per heavy atom. The van der Waals surface area contributed by atoms with Crippen molar-refractivity contribution in [3.63, 3.8) is 0 Å². The summed E-state index contributed by atoms with van der Waals surface area (Å²) >= 11 is 0. The van der Waals surface area contributed by atoms with E-state index in [4.69, 9.17) is 0 Å². The fraction of sp³-hybridized carbons (Fsp3) is 0.400. The average Bonchev–Trinajstić information content (AvgIpc) is 2.04. The van der Waals surface area contributed by atoms with E-state index in [0.29, 0.717) is 6.42 Å². The second-order valence-electron chi connectivity index (χ2n) is 2.88. The van der Waals surface area contributed by atoms with Crippen LogP contribution >= 0.6 is 0 Å². The van der Waals surface area contributed by atoms with Crippen LogP contribution in [0.25, 0.3) is 0 Å². The van der Waals surface area contributed by atoms with E-state index in [1.807, 2.05) is 0 Å². The zero-order valence-electron chi connectivity index (χ0n) is 7.06. The van der Waals surface area contributed by atoms with Gasteiger partial charge in [-0.05, 0) is 24.5 Å². The molecular formula is C10H10F3. The van der Waals surface area contributed by atoms with Crippen LogP contribution in [0, 0.1) is 6.07 Å². The molecule has 0 heterocycles. The molecule has 0 saturated heterocycles. The number of rotatable bonds is 3. The zero-order valence-corrected chi connectivity index (χ0v) is 7.06. The predicted octanol–water partition coefficient (Wildman–Crippen LogP) is 3.37. The minimum Gasteiger partial charge on any atom is -0.171 e. The summed E-state index contributed by atoms with van der Waals surface area (Å²) in [7, 11) is 0. The quantitative estimate of drug-likeness (QED) is 0.680. The van der Waals surface area contributed by atoms with Crippen molar-refractivity contribution in [3.05, 3.63) is 35.9 Å². The highest BCUT2D eigenvalue weighted by molar-refractivity contribution is 5.13. The van der Waals surface area contributed by atoms with Crippen LogP contribution in [-0.2, 0) is 6.42 Å². The SMILES string of the molecule is FC(F)(F)CCCc1cc[c]cc1. The van der Waals surface area contributed by atoms with Gasteiger partial charge in [0.1, 0.15) is 0 Å². The summed E-state index contributed by atoms with van der Waals surface area (Å²) in [5.74, 6) is 0. The third-order valence-corrected chi connectivity index (χ3v) is 1.71. The van der Waals surface area contributed by atoms with Gasteiger partial charge in [0.15, 0.2) is 0 Å². The van der Waals surface area contributed by atoms with Crippen molar-refractivity contribution >= 4 is 0 Å². The molecule has 0 N–H and O–H groups in total. The van der Waals surface area contributed by atoms with E-state index in [1.54, 1.807) is 24.3 Å². The molecule has 0 aliphatic carbocycles. The number of hydrogen-bond donors (Lipinski definition) is 0. The van der Waals surface area contributed by atoms with Gasteiger partial charge in [-0.3, -0.25) is 0 Å². The van der Waals surface area contributed by atoms with Crippen LogP contribution in [0.1, 0.15) is 18.4 Å². The number of hydrogen-bond acceptors (Lipinski definition) is 0. The molecule has 71 valence electrons. The normalized spacial score (nSPS) is 11.6. The van der Waals surface area contributed by atoms with Crippen molar-refractivity contribution in [2.24, 2.45) is 0 Å². The van der Waals surface area contributed by atoms with E-state index >= 15 is 0 Å². The molecular weight excluding hydrogens is 177 g/mol. The topological polar surface area (TPSA) is 0 Å². The van der Waals surface area contributed by atoms with Crippen LogP contribution in [0.2, 0.25) is 0 Å². The molecule has 13 heavy (non-hydrogen) atoms. The van der Waals surface area contributed by atoms with Crippen molar-refractivity contribution in [2.45, 2.75) is 25.4 Å². The lowest BCUT2D eigenvalue weighted by Crippen LogP contribution is -2.07. The molecule has 1 aromatic rings. The molecule has 3 heteroatoms. The van der Waals surface area contributed by atoms with Gasteiger partial charge in [-0.1, -0.05) is 24.3 Å². The Balaban J connectivity index is 2.29. The molecule has 0 aliphatic heterocycles. The number of alkyl halides is 3. The number of aryl methyl sites for hydroxylation is 1. The Bertz CT molecular complexity index is 238. The Kier molecular flexibility index (Phi) is 3.34. The standard InChI is InChI=1S/C10H10F3/c11-10(12,13)8-4-7-9-5-2-1-3-6-9/h2-3,5-6H,4,7-8H2. The molecule has 1 aromatic carbocycles. The van der Waals surface area contributed by atoms with Crippen molar-refractivity contribution in [2.75, 3.05) is 0 Å². The molecule has 0 spiro atoms. The summed E-state index contributed by atoms with van der Waals surface area (Å²) in [6.07, 6.45) is -4.09. The fourth-order valence-electron chi connectivity index (χ4n) is 1.08. The highest BCUT2D eigenvalue weighted by Gasteiger charge is 2.25. The van der Waals surface area contributed by atoms with Crippen LogP contribution in [0.3, 0.4) is 0 Å². The highest BCUT2D eigenvalue weighted by Crippen LogP contribution is 2.22. The zero-order chi connectivity index (χ0) is 9.73. The summed E-state index contributed by atoms with van der Waals surface area (Å²) in [6.45, 7) is 0. The molecule has 0 bridgehead atoms. The van der Waals surface area contributed by atoms with E-state index in [0.717, 1.165) is 5.56 Å². The van der Waals surface area contributed by atoms with Gasteiger partial charge in [0, 0.05) is 6.42 Å². The third kappa shape index (κ3) is 4.55. The van der Waals surface area contributed by atoms with Crippen molar-refractivity contribution in [1.29, 1.82) is 0 Å². The second kappa shape index (κ2) is 4.30. The van der Waals surface area contributed by atoms with Crippen LogP contribution in [0.15, 0.2) is 24.3 Å². The van der Waals surface area contributed by atoms with Crippen LogP contribution in [0.4, 0.5) is 13.2 Å². The molecule has 0 aliphatic rings. The highest BCUT2D eigenvalue weighted by atomic mass is 19.4. The summed E-state index contributed by atoms with van der Waals surface area (Å²) in [5.41, 5.74) is 0.933. The minimum absolute atomic E-state index is 0.160. The maximum atomic E-state index is 11.8. The predicted molar refractivity (Wildman–Crippen MR) is 44.3 cm³/mol. The van der Waals surface area contributed by atoms with E-state index in [9.17, 15) is 13.2 Å². The first kappa shape index (κ1) is 10.1. The van der Waals surface area contributed by atoms with Gasteiger partial charge in [-0.2, -0.15) is 13.2 Å². The van der Waals surface area contributed by atoms with Crippen LogP contribution < -0.4 is 0 Å². The Morgan fingerprint density at radius 2 is 1.77 bits per heavy atom. The second-order valence-corrected chi connectivity index (χ2v) is 2.88. The van der Waals surface area contributed by atoms with Crippen LogP contribution in [0.5, 0.6) is 0 Å². The van der Waals surface area contributed by atoms with Gasteiger partial charge in [0.2, 0.25) is 0 Å². The monoisotopic (exact) mass is 187 g/mol. The first-order valence-electron chi connectivity index (χ1n) is 4.10. The molecule has 0 aromatic heterocycles. The Labute approximate surface area is 75.4 Å². The van der Waals surface area contributed by atoms with Crippen molar-refractivity contribution in [1.82, 2.24) is 0 Å². The van der Waals surface area contributed by atoms with E-state index in [-0.39, 0.29) is 6.42 Å². The molecule has 1 rings (SSSR count). The molecule has 0 saturated carbocycles.